The zero-order valence-corrected chi connectivity index (χ0v) is 11.9. The molecule has 1 aliphatic rings. The first-order chi connectivity index (χ1) is 8.08. The maximum Gasteiger partial charge on any atom is 0.0474 e. The van der Waals surface area contributed by atoms with Crippen LogP contribution in [-0.2, 0) is 0 Å². The van der Waals surface area contributed by atoms with Gasteiger partial charge in [0.25, 0.3) is 0 Å². The number of hydrogen-bond donors (Lipinski definition) is 1. The Labute approximate surface area is 113 Å². The van der Waals surface area contributed by atoms with Crippen molar-refractivity contribution in [2.45, 2.75) is 25.1 Å². The lowest BCUT2D eigenvalue weighted by Gasteiger charge is -2.32. The first-order valence-electron chi connectivity index (χ1n) is 5.99. The Balaban J connectivity index is 2.19. The molecule has 0 aliphatic carbocycles. The molecule has 0 amide bonds. The average molecular weight is 271 g/mol. The summed E-state index contributed by atoms with van der Waals surface area (Å²) in [4.78, 5) is 2.40. The van der Waals surface area contributed by atoms with Crippen molar-refractivity contribution in [1.29, 1.82) is 0 Å². The minimum atomic E-state index is -0.00705. The van der Waals surface area contributed by atoms with Crippen molar-refractivity contribution >= 4 is 29.1 Å². The monoisotopic (exact) mass is 270 g/mol. The molecule has 2 nitrogen and oxygen atoms in total. The van der Waals surface area contributed by atoms with Gasteiger partial charge in [-0.05, 0) is 24.6 Å². The Kier molecular flexibility index (Phi) is 4.23. The number of hydrogen-bond acceptors (Lipinski definition) is 3. The van der Waals surface area contributed by atoms with Gasteiger partial charge in [-0.3, -0.25) is 0 Å². The molecule has 2 rings (SSSR count). The highest BCUT2D eigenvalue weighted by atomic mass is 35.5. The molecule has 0 bridgehead atoms. The topological polar surface area (TPSA) is 29.3 Å². The molecule has 0 aromatic heterocycles. The van der Waals surface area contributed by atoms with Crippen LogP contribution in [-0.4, -0.2) is 24.1 Å². The van der Waals surface area contributed by atoms with Crippen LogP contribution in [0.1, 0.15) is 25.5 Å². The second-order valence-electron chi connectivity index (χ2n) is 4.62. The summed E-state index contributed by atoms with van der Waals surface area (Å²) in [6.07, 6.45) is 0. The normalized spacial score (nSPS) is 22.6. The predicted octanol–water partition coefficient (Wildman–Crippen LogP) is 3.30. The van der Waals surface area contributed by atoms with Crippen LogP contribution >= 0.6 is 23.4 Å². The van der Waals surface area contributed by atoms with E-state index in [9.17, 15) is 0 Å². The number of halogens is 1. The van der Waals surface area contributed by atoms with Crippen LogP contribution in [0, 0.1) is 0 Å². The fourth-order valence-electron chi connectivity index (χ4n) is 2.13. The summed E-state index contributed by atoms with van der Waals surface area (Å²) >= 11 is 8.30. The first-order valence-corrected chi connectivity index (χ1v) is 7.42. The summed E-state index contributed by atoms with van der Waals surface area (Å²) < 4.78 is 0. The van der Waals surface area contributed by atoms with Crippen molar-refractivity contribution < 1.29 is 0 Å². The number of benzene rings is 1. The summed E-state index contributed by atoms with van der Waals surface area (Å²) in [5, 5.41) is 1.47. The summed E-state index contributed by atoms with van der Waals surface area (Å²) in [5.74, 6) is 1.19. The standard InChI is InChI=1S/C13H19ClN2S/c1-9-8-16(5-6-17-9)11-3-4-12(10(2)15)13(14)7-11/h3-4,7,9-10H,5-6,8,15H2,1-2H3. The van der Waals surface area contributed by atoms with E-state index in [4.69, 9.17) is 17.3 Å². The highest BCUT2D eigenvalue weighted by Crippen LogP contribution is 2.29. The average Bonchev–Trinajstić information content (AvgIpc) is 2.28. The molecule has 2 atom stereocenters. The van der Waals surface area contributed by atoms with E-state index in [0.29, 0.717) is 5.25 Å². The fraction of sp³-hybridized carbons (Fsp3) is 0.538. The van der Waals surface area contributed by atoms with Gasteiger partial charge in [0.1, 0.15) is 0 Å². The third-order valence-corrected chi connectivity index (χ3v) is 4.54. The Bertz CT molecular complexity index is 395. The molecule has 17 heavy (non-hydrogen) atoms. The van der Waals surface area contributed by atoms with E-state index < -0.39 is 0 Å². The van der Waals surface area contributed by atoms with Gasteiger partial charge in [-0.2, -0.15) is 11.8 Å². The van der Waals surface area contributed by atoms with E-state index in [1.165, 1.54) is 11.4 Å². The zero-order chi connectivity index (χ0) is 12.4. The number of nitrogens with zero attached hydrogens (tertiary/aromatic N) is 1. The number of anilines is 1. The van der Waals surface area contributed by atoms with E-state index in [1.807, 2.05) is 24.8 Å². The van der Waals surface area contributed by atoms with Gasteiger partial charge in [0.05, 0.1) is 0 Å². The fourth-order valence-corrected chi connectivity index (χ4v) is 3.50. The predicted molar refractivity (Wildman–Crippen MR) is 78.2 cm³/mol. The van der Waals surface area contributed by atoms with Crippen LogP contribution in [0.5, 0.6) is 0 Å². The van der Waals surface area contributed by atoms with Gasteiger partial charge < -0.3 is 10.6 Å². The molecule has 2 unspecified atom stereocenters. The van der Waals surface area contributed by atoms with Crippen LogP contribution in [0.2, 0.25) is 5.02 Å². The minimum Gasteiger partial charge on any atom is -0.370 e. The highest BCUT2D eigenvalue weighted by Gasteiger charge is 2.18. The first kappa shape index (κ1) is 13.1. The molecule has 0 radical (unpaired) electrons. The van der Waals surface area contributed by atoms with Gasteiger partial charge in [-0.15, -0.1) is 0 Å². The molecule has 1 heterocycles. The Hall–Kier alpha value is -0.380. The molecule has 2 N–H and O–H groups in total. The zero-order valence-electron chi connectivity index (χ0n) is 10.3. The van der Waals surface area contributed by atoms with E-state index in [-0.39, 0.29) is 6.04 Å². The molecule has 0 saturated carbocycles. The Morgan fingerprint density at radius 2 is 2.29 bits per heavy atom. The Morgan fingerprint density at radius 1 is 1.53 bits per heavy atom. The van der Waals surface area contributed by atoms with Crippen LogP contribution < -0.4 is 10.6 Å². The van der Waals surface area contributed by atoms with Gasteiger partial charge in [0.15, 0.2) is 0 Å². The van der Waals surface area contributed by atoms with Crippen molar-refractivity contribution in [2.24, 2.45) is 5.73 Å². The Morgan fingerprint density at radius 3 is 2.88 bits per heavy atom. The molecule has 4 heteroatoms. The van der Waals surface area contributed by atoms with E-state index >= 15 is 0 Å². The van der Waals surface area contributed by atoms with Gasteiger partial charge in [0, 0.05) is 40.8 Å². The number of rotatable bonds is 2. The molecule has 1 saturated heterocycles. The maximum absolute atomic E-state index is 6.27. The number of nitrogens with two attached hydrogens (primary N) is 1. The quantitative estimate of drug-likeness (QED) is 0.894. The molecule has 0 spiro atoms. The molecule has 1 aliphatic heterocycles. The van der Waals surface area contributed by atoms with Crippen LogP contribution in [0.3, 0.4) is 0 Å². The van der Waals surface area contributed by atoms with Crippen molar-refractivity contribution in [3.05, 3.63) is 28.8 Å². The van der Waals surface area contributed by atoms with Gasteiger partial charge >= 0.3 is 0 Å². The van der Waals surface area contributed by atoms with Crippen LogP contribution in [0.4, 0.5) is 5.69 Å². The lowest BCUT2D eigenvalue weighted by molar-refractivity contribution is 0.780. The maximum atomic E-state index is 6.27. The lowest BCUT2D eigenvalue weighted by Crippen LogP contribution is -2.36. The van der Waals surface area contributed by atoms with E-state index in [2.05, 4.69) is 24.0 Å². The van der Waals surface area contributed by atoms with Crippen molar-refractivity contribution in [3.8, 4) is 0 Å². The van der Waals surface area contributed by atoms with E-state index in [0.717, 1.165) is 23.7 Å². The van der Waals surface area contributed by atoms with E-state index in [1.54, 1.807) is 0 Å². The molecular weight excluding hydrogens is 252 g/mol. The van der Waals surface area contributed by atoms with Gasteiger partial charge in [-0.25, -0.2) is 0 Å². The minimum absolute atomic E-state index is 0.00705. The highest BCUT2D eigenvalue weighted by molar-refractivity contribution is 8.00. The van der Waals surface area contributed by atoms with Gasteiger partial charge in [-0.1, -0.05) is 24.6 Å². The van der Waals surface area contributed by atoms with Gasteiger partial charge in [0.2, 0.25) is 0 Å². The second-order valence-corrected chi connectivity index (χ2v) is 6.58. The third kappa shape index (κ3) is 3.09. The molecule has 1 aromatic carbocycles. The largest absolute Gasteiger partial charge is 0.370 e. The SMILES string of the molecule is CC1CN(c2ccc(C(C)N)c(Cl)c2)CCS1. The summed E-state index contributed by atoms with van der Waals surface area (Å²) in [5.41, 5.74) is 8.10. The molecular formula is C13H19ClN2S. The second kappa shape index (κ2) is 5.51. The molecule has 1 aromatic rings. The van der Waals surface area contributed by atoms with Crippen molar-refractivity contribution in [2.75, 3.05) is 23.7 Å². The number of thioether (sulfide) groups is 1. The smallest absolute Gasteiger partial charge is 0.0474 e. The summed E-state index contributed by atoms with van der Waals surface area (Å²) in [6, 6.07) is 6.22. The van der Waals surface area contributed by atoms with Crippen molar-refractivity contribution in [1.82, 2.24) is 0 Å². The molecule has 94 valence electrons. The van der Waals surface area contributed by atoms with Crippen LogP contribution in [0.15, 0.2) is 18.2 Å². The summed E-state index contributed by atoms with van der Waals surface area (Å²) in [7, 11) is 0. The van der Waals surface area contributed by atoms with Crippen molar-refractivity contribution in [3.63, 3.8) is 0 Å². The summed E-state index contributed by atoms with van der Waals surface area (Å²) in [6.45, 7) is 6.43. The third-order valence-electron chi connectivity index (χ3n) is 3.08. The van der Waals surface area contributed by atoms with Crippen LogP contribution in [0.25, 0.3) is 0 Å². The molecule has 1 fully saturated rings. The lowest BCUT2D eigenvalue weighted by atomic mass is 10.1.